The second-order valence-corrected chi connectivity index (χ2v) is 6.04. The molecule has 21 heavy (non-hydrogen) atoms. The maximum Gasteiger partial charge on any atom is 0.115 e. The fourth-order valence-electron chi connectivity index (χ4n) is 2.50. The predicted octanol–water partition coefficient (Wildman–Crippen LogP) is 5.42. The second kappa shape index (κ2) is 5.88. The lowest BCUT2D eigenvalue weighted by Crippen LogP contribution is -2.03. The van der Waals surface area contributed by atoms with E-state index < -0.39 is 0 Å². The maximum atomic E-state index is 6.16. The average molecular weight is 340 g/mol. The van der Waals surface area contributed by atoms with Gasteiger partial charge in [-0.25, -0.2) is 4.98 Å². The Labute approximate surface area is 138 Å². The van der Waals surface area contributed by atoms with E-state index >= 15 is 0 Å². The molecule has 2 nitrogen and oxygen atoms in total. The lowest BCUT2D eigenvalue weighted by atomic mass is 10.2. The van der Waals surface area contributed by atoms with Gasteiger partial charge in [-0.15, -0.1) is 11.6 Å². The summed E-state index contributed by atoms with van der Waals surface area (Å²) < 4.78 is 2.11. The Kier molecular flexibility index (Phi) is 4.12. The van der Waals surface area contributed by atoms with Crippen LogP contribution in [0.25, 0.3) is 16.7 Å². The molecule has 0 bridgehead atoms. The molecule has 2 aromatic carbocycles. The molecule has 3 aromatic rings. The molecule has 1 heterocycles. The van der Waals surface area contributed by atoms with E-state index in [4.69, 9.17) is 39.8 Å². The molecule has 0 spiro atoms. The Bertz CT molecular complexity index is 809. The molecule has 0 saturated carbocycles. The largest absolute Gasteiger partial charge is 0.296 e. The van der Waals surface area contributed by atoms with Crippen LogP contribution in [0.3, 0.4) is 0 Å². The van der Waals surface area contributed by atoms with E-state index in [0.29, 0.717) is 22.3 Å². The third kappa shape index (κ3) is 2.64. The zero-order valence-corrected chi connectivity index (χ0v) is 13.7. The lowest BCUT2D eigenvalue weighted by Gasteiger charge is -2.11. The molecule has 0 radical (unpaired) electrons. The van der Waals surface area contributed by atoms with Gasteiger partial charge in [-0.2, -0.15) is 0 Å². The van der Waals surface area contributed by atoms with Crippen molar-refractivity contribution in [2.75, 3.05) is 5.88 Å². The number of nitrogens with zero attached hydrogens (tertiary/aromatic N) is 2. The molecule has 0 amide bonds. The Morgan fingerprint density at radius 2 is 1.90 bits per heavy atom. The second-order valence-electron chi connectivity index (χ2n) is 4.84. The number of halogens is 3. The van der Waals surface area contributed by atoms with E-state index in [1.807, 2.05) is 24.3 Å². The number of hydrogen-bond donors (Lipinski definition) is 0. The van der Waals surface area contributed by atoms with Gasteiger partial charge in [0.1, 0.15) is 5.82 Å². The third-order valence-corrected chi connectivity index (χ3v) is 4.36. The highest BCUT2D eigenvalue weighted by Gasteiger charge is 2.14. The summed E-state index contributed by atoms with van der Waals surface area (Å²) in [5.41, 5.74) is 4.14. The Hall–Kier alpha value is -1.22. The van der Waals surface area contributed by atoms with Crippen molar-refractivity contribution in [3.8, 4) is 5.69 Å². The van der Waals surface area contributed by atoms with Gasteiger partial charge in [-0.3, -0.25) is 4.57 Å². The molecular weight excluding hydrogens is 327 g/mol. The first kappa shape index (κ1) is 14.7. The van der Waals surface area contributed by atoms with Crippen molar-refractivity contribution in [3.05, 3.63) is 57.8 Å². The number of hydrogen-bond acceptors (Lipinski definition) is 1. The average Bonchev–Trinajstić information content (AvgIpc) is 2.82. The summed E-state index contributed by atoms with van der Waals surface area (Å²) in [6, 6.07) is 11.7. The minimum Gasteiger partial charge on any atom is -0.296 e. The smallest absolute Gasteiger partial charge is 0.115 e. The van der Waals surface area contributed by atoms with Crippen LogP contribution in [0.5, 0.6) is 0 Å². The van der Waals surface area contributed by atoms with Crippen molar-refractivity contribution < 1.29 is 0 Å². The number of aromatic nitrogens is 2. The van der Waals surface area contributed by atoms with Gasteiger partial charge in [0.2, 0.25) is 0 Å². The number of fused-ring (bicyclic) bond motifs is 1. The standard InChI is InChI=1S/C16H13Cl3N2/c1-10-3-2-4-14-16(10)21(15(20-14)7-8-17)11-5-6-12(18)13(19)9-11/h2-6,9H,7-8H2,1H3. The van der Waals surface area contributed by atoms with Crippen LogP contribution in [0.1, 0.15) is 11.4 Å². The van der Waals surface area contributed by atoms with E-state index in [0.717, 1.165) is 28.1 Å². The van der Waals surface area contributed by atoms with Crippen molar-refractivity contribution >= 4 is 45.8 Å². The van der Waals surface area contributed by atoms with Crippen LogP contribution in [-0.4, -0.2) is 15.4 Å². The first-order valence-electron chi connectivity index (χ1n) is 6.60. The molecule has 0 atom stereocenters. The molecule has 0 N–H and O–H groups in total. The number of rotatable bonds is 3. The summed E-state index contributed by atoms with van der Waals surface area (Å²) >= 11 is 18.1. The zero-order chi connectivity index (χ0) is 15.0. The Morgan fingerprint density at radius 3 is 2.62 bits per heavy atom. The van der Waals surface area contributed by atoms with Crippen LogP contribution in [0.4, 0.5) is 0 Å². The maximum absolute atomic E-state index is 6.16. The van der Waals surface area contributed by atoms with E-state index in [2.05, 4.69) is 17.6 Å². The lowest BCUT2D eigenvalue weighted by molar-refractivity contribution is 0.911. The van der Waals surface area contributed by atoms with Crippen molar-refractivity contribution in [1.82, 2.24) is 9.55 Å². The summed E-state index contributed by atoms with van der Waals surface area (Å²) in [7, 11) is 0. The minimum atomic E-state index is 0.518. The number of imidazole rings is 1. The summed E-state index contributed by atoms with van der Waals surface area (Å²) in [6.07, 6.45) is 0.690. The number of alkyl halides is 1. The van der Waals surface area contributed by atoms with Crippen LogP contribution in [0, 0.1) is 6.92 Å². The van der Waals surface area contributed by atoms with Gasteiger partial charge in [0.15, 0.2) is 0 Å². The molecule has 0 aliphatic rings. The number of para-hydroxylation sites is 1. The van der Waals surface area contributed by atoms with Gasteiger partial charge in [0.05, 0.1) is 21.1 Å². The van der Waals surface area contributed by atoms with Crippen LogP contribution < -0.4 is 0 Å². The first-order chi connectivity index (χ1) is 10.1. The monoisotopic (exact) mass is 338 g/mol. The van der Waals surface area contributed by atoms with Crippen LogP contribution in [0.2, 0.25) is 10.0 Å². The van der Waals surface area contributed by atoms with E-state index in [-0.39, 0.29) is 0 Å². The van der Waals surface area contributed by atoms with Crippen LogP contribution >= 0.6 is 34.8 Å². The summed E-state index contributed by atoms with van der Waals surface area (Å²) in [6.45, 7) is 2.07. The molecule has 0 fully saturated rings. The van der Waals surface area contributed by atoms with E-state index in [1.54, 1.807) is 6.07 Å². The third-order valence-electron chi connectivity index (χ3n) is 3.43. The number of aryl methyl sites for hydroxylation is 2. The molecule has 0 unspecified atom stereocenters. The molecule has 0 aliphatic carbocycles. The number of benzene rings is 2. The first-order valence-corrected chi connectivity index (χ1v) is 7.89. The normalized spacial score (nSPS) is 11.2. The molecule has 0 aliphatic heterocycles. The van der Waals surface area contributed by atoms with E-state index in [9.17, 15) is 0 Å². The Morgan fingerprint density at radius 1 is 1.10 bits per heavy atom. The molecule has 108 valence electrons. The van der Waals surface area contributed by atoms with Crippen LogP contribution in [-0.2, 0) is 6.42 Å². The SMILES string of the molecule is Cc1cccc2nc(CCCl)n(-c3ccc(Cl)c(Cl)c3)c12. The van der Waals surface area contributed by atoms with Gasteiger partial charge < -0.3 is 0 Å². The fourth-order valence-corrected chi connectivity index (χ4v) is 2.96. The molecule has 5 heteroatoms. The van der Waals surface area contributed by atoms with E-state index in [1.165, 1.54) is 0 Å². The van der Waals surface area contributed by atoms with Gasteiger partial charge >= 0.3 is 0 Å². The summed E-state index contributed by atoms with van der Waals surface area (Å²) in [4.78, 5) is 4.69. The van der Waals surface area contributed by atoms with Crippen LogP contribution in [0.15, 0.2) is 36.4 Å². The minimum absolute atomic E-state index is 0.518. The van der Waals surface area contributed by atoms with Gasteiger partial charge in [0.25, 0.3) is 0 Å². The molecule has 1 aromatic heterocycles. The summed E-state index contributed by atoms with van der Waals surface area (Å²) in [5, 5.41) is 1.07. The van der Waals surface area contributed by atoms with Crippen molar-refractivity contribution in [2.45, 2.75) is 13.3 Å². The quantitative estimate of drug-likeness (QED) is 0.582. The van der Waals surface area contributed by atoms with Gasteiger partial charge in [-0.1, -0.05) is 35.3 Å². The molecule has 3 rings (SSSR count). The summed E-state index contributed by atoms with van der Waals surface area (Å²) in [5.74, 6) is 1.44. The van der Waals surface area contributed by atoms with Crippen molar-refractivity contribution in [2.24, 2.45) is 0 Å². The highest BCUT2D eigenvalue weighted by Crippen LogP contribution is 2.29. The van der Waals surface area contributed by atoms with Crippen molar-refractivity contribution in [3.63, 3.8) is 0 Å². The topological polar surface area (TPSA) is 17.8 Å². The fraction of sp³-hybridized carbons (Fsp3) is 0.188. The highest BCUT2D eigenvalue weighted by atomic mass is 35.5. The predicted molar refractivity (Wildman–Crippen MR) is 90.3 cm³/mol. The molecule has 0 saturated heterocycles. The highest BCUT2D eigenvalue weighted by molar-refractivity contribution is 6.42. The van der Waals surface area contributed by atoms with Crippen molar-refractivity contribution in [1.29, 1.82) is 0 Å². The zero-order valence-electron chi connectivity index (χ0n) is 11.4. The van der Waals surface area contributed by atoms with Gasteiger partial charge in [0, 0.05) is 18.0 Å². The molecular formula is C16H13Cl3N2. The van der Waals surface area contributed by atoms with Gasteiger partial charge in [-0.05, 0) is 36.8 Å². The Balaban J connectivity index is 2.32.